The standard InChI is InChI=1S/C19H23NO3S/c1-15-9-11-18(12-10-15)24(21,22)20-19(14-17-8-5-13-23-17)16-6-3-2-4-7-16/h2-4,6-7,9-12,17,19-20H,5,8,13-14H2,1H3/t17-,19+/m1/s1. The summed E-state index contributed by atoms with van der Waals surface area (Å²) >= 11 is 0. The number of ether oxygens (including phenoxy) is 1. The van der Waals surface area contributed by atoms with Gasteiger partial charge in [0, 0.05) is 12.6 Å². The first-order chi connectivity index (χ1) is 11.5. The van der Waals surface area contributed by atoms with Crippen molar-refractivity contribution in [3.63, 3.8) is 0 Å². The maximum absolute atomic E-state index is 12.7. The van der Waals surface area contributed by atoms with Crippen LogP contribution in [0.1, 0.15) is 36.4 Å². The number of sulfonamides is 1. The molecule has 1 fully saturated rings. The van der Waals surface area contributed by atoms with E-state index in [2.05, 4.69) is 4.72 Å². The van der Waals surface area contributed by atoms with E-state index in [0.29, 0.717) is 11.3 Å². The van der Waals surface area contributed by atoms with Gasteiger partial charge in [-0.3, -0.25) is 0 Å². The van der Waals surface area contributed by atoms with Crippen molar-refractivity contribution < 1.29 is 13.2 Å². The molecule has 128 valence electrons. The molecule has 1 N–H and O–H groups in total. The molecule has 1 aliphatic rings. The SMILES string of the molecule is Cc1ccc(S(=O)(=O)N[C@@H](C[C@H]2CCCO2)c2ccccc2)cc1. The Balaban J connectivity index is 1.83. The van der Waals surface area contributed by atoms with Gasteiger partial charge in [-0.2, -0.15) is 0 Å². The molecule has 0 saturated carbocycles. The van der Waals surface area contributed by atoms with Gasteiger partial charge in [0.25, 0.3) is 0 Å². The fourth-order valence-electron chi connectivity index (χ4n) is 3.00. The predicted octanol–water partition coefficient (Wildman–Crippen LogP) is 3.58. The van der Waals surface area contributed by atoms with Crippen LogP contribution in [-0.2, 0) is 14.8 Å². The van der Waals surface area contributed by atoms with Crippen molar-refractivity contribution in [2.24, 2.45) is 0 Å². The lowest BCUT2D eigenvalue weighted by Gasteiger charge is -2.22. The molecule has 0 bridgehead atoms. The summed E-state index contributed by atoms with van der Waals surface area (Å²) in [7, 11) is -3.57. The summed E-state index contributed by atoms with van der Waals surface area (Å²) < 4.78 is 34.1. The van der Waals surface area contributed by atoms with Crippen LogP contribution in [0.5, 0.6) is 0 Å². The highest BCUT2D eigenvalue weighted by Gasteiger charge is 2.26. The molecule has 0 aliphatic carbocycles. The average Bonchev–Trinajstić information content (AvgIpc) is 3.08. The van der Waals surface area contributed by atoms with Gasteiger partial charge in [-0.25, -0.2) is 13.1 Å². The third kappa shape index (κ3) is 4.23. The van der Waals surface area contributed by atoms with Crippen LogP contribution in [0.15, 0.2) is 59.5 Å². The summed E-state index contributed by atoms with van der Waals surface area (Å²) in [6, 6.07) is 16.3. The third-order valence-corrected chi connectivity index (χ3v) is 5.84. The van der Waals surface area contributed by atoms with Crippen molar-refractivity contribution in [3.8, 4) is 0 Å². The molecule has 4 nitrogen and oxygen atoms in total. The van der Waals surface area contributed by atoms with Crippen LogP contribution in [0.3, 0.4) is 0 Å². The van der Waals surface area contributed by atoms with Crippen molar-refractivity contribution in [3.05, 3.63) is 65.7 Å². The van der Waals surface area contributed by atoms with Crippen LogP contribution in [0.2, 0.25) is 0 Å². The quantitative estimate of drug-likeness (QED) is 0.870. The molecule has 5 heteroatoms. The zero-order chi connectivity index (χ0) is 17.0. The first-order valence-corrected chi connectivity index (χ1v) is 9.78. The molecule has 0 unspecified atom stereocenters. The molecule has 0 spiro atoms. The fourth-order valence-corrected chi connectivity index (χ4v) is 4.24. The van der Waals surface area contributed by atoms with Crippen LogP contribution >= 0.6 is 0 Å². The summed E-state index contributed by atoms with van der Waals surface area (Å²) in [6.07, 6.45) is 2.78. The largest absolute Gasteiger partial charge is 0.378 e. The van der Waals surface area contributed by atoms with E-state index < -0.39 is 10.0 Å². The molecule has 2 atom stereocenters. The second-order valence-electron chi connectivity index (χ2n) is 6.27. The van der Waals surface area contributed by atoms with Crippen molar-refractivity contribution in [2.75, 3.05) is 6.61 Å². The van der Waals surface area contributed by atoms with Crippen molar-refractivity contribution >= 4 is 10.0 Å². The van der Waals surface area contributed by atoms with Crippen LogP contribution in [0.4, 0.5) is 0 Å². The lowest BCUT2D eigenvalue weighted by atomic mass is 10.0. The number of nitrogens with one attached hydrogen (secondary N) is 1. The number of aryl methyl sites for hydroxylation is 1. The maximum Gasteiger partial charge on any atom is 0.241 e. The smallest absolute Gasteiger partial charge is 0.241 e. The molecule has 1 saturated heterocycles. The normalized spacial score (nSPS) is 19.3. The molecule has 0 radical (unpaired) electrons. The van der Waals surface area contributed by atoms with Gasteiger partial charge >= 0.3 is 0 Å². The van der Waals surface area contributed by atoms with Crippen LogP contribution in [0.25, 0.3) is 0 Å². The number of hydrogen-bond donors (Lipinski definition) is 1. The molecule has 0 aromatic heterocycles. The first kappa shape index (κ1) is 17.1. The van der Waals surface area contributed by atoms with Crippen molar-refractivity contribution in [1.82, 2.24) is 4.72 Å². The molecular weight excluding hydrogens is 322 g/mol. The summed E-state index contributed by atoms with van der Waals surface area (Å²) in [5.74, 6) is 0. The Morgan fingerprint density at radius 3 is 2.46 bits per heavy atom. The first-order valence-electron chi connectivity index (χ1n) is 8.30. The molecule has 1 aliphatic heterocycles. The van der Waals surface area contributed by atoms with E-state index in [4.69, 9.17) is 4.74 Å². The minimum absolute atomic E-state index is 0.107. The highest BCUT2D eigenvalue weighted by molar-refractivity contribution is 7.89. The van der Waals surface area contributed by atoms with Crippen molar-refractivity contribution in [2.45, 2.75) is 43.2 Å². The third-order valence-electron chi connectivity index (χ3n) is 4.35. The zero-order valence-corrected chi connectivity index (χ0v) is 14.6. The zero-order valence-electron chi connectivity index (χ0n) is 13.8. The van der Waals surface area contributed by atoms with E-state index >= 15 is 0 Å². The highest BCUT2D eigenvalue weighted by atomic mass is 32.2. The summed E-state index contributed by atoms with van der Waals surface area (Å²) in [5, 5.41) is 0. The molecule has 24 heavy (non-hydrogen) atoms. The molecule has 2 aromatic rings. The topological polar surface area (TPSA) is 55.4 Å². The lowest BCUT2D eigenvalue weighted by molar-refractivity contribution is 0.0969. The summed E-state index contributed by atoms with van der Waals surface area (Å²) in [4.78, 5) is 0.293. The maximum atomic E-state index is 12.7. The average molecular weight is 345 g/mol. The van der Waals surface area contributed by atoms with E-state index in [0.717, 1.165) is 30.6 Å². The lowest BCUT2D eigenvalue weighted by Crippen LogP contribution is -2.31. The van der Waals surface area contributed by atoms with Crippen LogP contribution in [-0.4, -0.2) is 21.1 Å². The number of hydrogen-bond acceptors (Lipinski definition) is 3. The number of benzene rings is 2. The molecule has 3 rings (SSSR count). The van der Waals surface area contributed by atoms with Gasteiger partial charge in [0.05, 0.1) is 11.0 Å². The fraction of sp³-hybridized carbons (Fsp3) is 0.368. The van der Waals surface area contributed by atoms with Gasteiger partial charge in [0.2, 0.25) is 10.0 Å². The minimum Gasteiger partial charge on any atom is -0.378 e. The van der Waals surface area contributed by atoms with E-state index in [1.807, 2.05) is 49.4 Å². The molecular formula is C19H23NO3S. The van der Waals surface area contributed by atoms with Crippen molar-refractivity contribution in [1.29, 1.82) is 0 Å². The molecule has 2 aromatic carbocycles. The van der Waals surface area contributed by atoms with Gasteiger partial charge in [-0.15, -0.1) is 0 Å². The number of rotatable bonds is 6. The van der Waals surface area contributed by atoms with E-state index in [1.165, 1.54) is 0 Å². The second kappa shape index (κ2) is 7.47. The second-order valence-corrected chi connectivity index (χ2v) is 7.98. The van der Waals surface area contributed by atoms with E-state index in [1.54, 1.807) is 12.1 Å². The van der Waals surface area contributed by atoms with Gasteiger partial charge in [0.15, 0.2) is 0 Å². The molecule has 1 heterocycles. The Bertz CT molecular complexity index is 751. The Morgan fingerprint density at radius 2 is 1.83 bits per heavy atom. The van der Waals surface area contributed by atoms with Gasteiger partial charge < -0.3 is 4.74 Å². The predicted molar refractivity (Wildman–Crippen MR) is 94.3 cm³/mol. The van der Waals surface area contributed by atoms with E-state index in [9.17, 15) is 8.42 Å². The summed E-state index contributed by atoms with van der Waals surface area (Å²) in [6.45, 7) is 2.70. The Kier molecular flexibility index (Phi) is 5.33. The minimum atomic E-state index is -3.57. The van der Waals surface area contributed by atoms with E-state index in [-0.39, 0.29) is 12.1 Å². The van der Waals surface area contributed by atoms with Gasteiger partial charge in [-0.05, 0) is 43.9 Å². The van der Waals surface area contributed by atoms with Gasteiger partial charge in [0.1, 0.15) is 0 Å². The Hall–Kier alpha value is -1.69. The van der Waals surface area contributed by atoms with Gasteiger partial charge in [-0.1, -0.05) is 48.0 Å². The van der Waals surface area contributed by atoms with Crippen LogP contribution < -0.4 is 4.72 Å². The Morgan fingerprint density at radius 1 is 1.12 bits per heavy atom. The molecule has 0 amide bonds. The highest BCUT2D eigenvalue weighted by Crippen LogP contribution is 2.27. The monoisotopic (exact) mass is 345 g/mol. The van der Waals surface area contributed by atoms with Crippen LogP contribution in [0, 0.1) is 6.92 Å². The Labute approximate surface area is 143 Å². The summed E-state index contributed by atoms with van der Waals surface area (Å²) in [5.41, 5.74) is 2.00.